The molecule has 2 aromatic heterocycles. The van der Waals surface area contributed by atoms with Crippen LogP contribution < -0.4 is 4.74 Å². The Morgan fingerprint density at radius 1 is 1.43 bits per heavy atom. The Labute approximate surface area is 139 Å². The van der Waals surface area contributed by atoms with E-state index in [2.05, 4.69) is 14.9 Å². The second kappa shape index (κ2) is 7.83. The molecule has 1 atom stereocenters. The van der Waals surface area contributed by atoms with Gasteiger partial charge in [0.25, 0.3) is 0 Å². The van der Waals surface area contributed by atoms with Gasteiger partial charge in [-0.1, -0.05) is 6.07 Å². The fraction of sp³-hybridized carbons (Fsp3) is 0.500. The molecule has 0 amide bonds. The van der Waals surface area contributed by atoms with Crippen molar-refractivity contribution in [3.8, 4) is 5.88 Å². The summed E-state index contributed by atoms with van der Waals surface area (Å²) in [5, 5.41) is 12.2. The van der Waals surface area contributed by atoms with Gasteiger partial charge in [-0.25, -0.2) is 9.97 Å². The monoisotopic (exact) mass is 335 g/mol. The van der Waals surface area contributed by atoms with Gasteiger partial charge < -0.3 is 14.6 Å². The summed E-state index contributed by atoms with van der Waals surface area (Å²) < 4.78 is 10.9. The molecule has 3 heterocycles. The topological polar surface area (TPSA) is 67.7 Å². The predicted molar refractivity (Wildman–Crippen MR) is 87.5 cm³/mol. The highest BCUT2D eigenvalue weighted by atomic mass is 32.1. The Balaban J connectivity index is 1.48. The number of β-amino-alcohol motifs (C(OH)–C–C–N with tert-alkyl or cyclic N) is 1. The van der Waals surface area contributed by atoms with Crippen LogP contribution in [-0.4, -0.2) is 52.9 Å². The highest BCUT2D eigenvalue weighted by Gasteiger charge is 2.23. The molecule has 23 heavy (non-hydrogen) atoms. The van der Waals surface area contributed by atoms with Gasteiger partial charge in [0.05, 0.1) is 32.1 Å². The third-order valence-electron chi connectivity index (χ3n) is 3.84. The Morgan fingerprint density at radius 3 is 3.13 bits per heavy atom. The van der Waals surface area contributed by atoms with Gasteiger partial charge in [-0.15, -0.1) is 11.3 Å². The number of hydrogen-bond acceptors (Lipinski definition) is 7. The van der Waals surface area contributed by atoms with E-state index in [1.54, 1.807) is 24.8 Å². The molecule has 0 saturated carbocycles. The number of rotatable bonds is 7. The number of methoxy groups -OCH3 is 1. The van der Waals surface area contributed by atoms with Crippen molar-refractivity contribution in [1.29, 1.82) is 0 Å². The molecule has 2 aromatic rings. The normalized spacial score (nSPS) is 16.1. The summed E-state index contributed by atoms with van der Waals surface area (Å²) in [5.74, 6) is 0.628. The summed E-state index contributed by atoms with van der Waals surface area (Å²) in [5.41, 5.74) is 2.06. The maximum absolute atomic E-state index is 10.2. The number of aliphatic hydroxyl groups excluding tert-OH is 1. The summed E-state index contributed by atoms with van der Waals surface area (Å²) in [6.45, 7) is 3.03. The minimum Gasteiger partial charge on any atom is -0.481 e. The Bertz CT molecular complexity index is 607. The number of aliphatic hydroxyl groups is 1. The van der Waals surface area contributed by atoms with E-state index in [0.717, 1.165) is 24.2 Å². The molecular weight excluding hydrogens is 314 g/mol. The van der Waals surface area contributed by atoms with E-state index in [9.17, 15) is 5.11 Å². The number of fused-ring (bicyclic) bond motifs is 1. The van der Waals surface area contributed by atoms with E-state index in [4.69, 9.17) is 9.47 Å². The van der Waals surface area contributed by atoms with Crippen molar-refractivity contribution < 1.29 is 14.6 Å². The average Bonchev–Trinajstić information content (AvgIpc) is 3.07. The Morgan fingerprint density at radius 2 is 2.35 bits per heavy atom. The molecule has 1 N–H and O–H groups in total. The van der Waals surface area contributed by atoms with Gasteiger partial charge in [-0.2, -0.15) is 0 Å². The minimum absolute atomic E-state index is 0.337. The smallest absolute Gasteiger partial charge is 0.220 e. The number of aromatic nitrogens is 2. The van der Waals surface area contributed by atoms with Crippen LogP contribution in [0.15, 0.2) is 23.8 Å². The molecule has 6 nitrogen and oxygen atoms in total. The number of ether oxygens (including phenoxy) is 2. The molecule has 0 radical (unpaired) electrons. The van der Waals surface area contributed by atoms with Crippen LogP contribution in [0.1, 0.15) is 16.1 Å². The molecule has 7 heteroatoms. The van der Waals surface area contributed by atoms with Crippen molar-refractivity contribution in [2.24, 2.45) is 0 Å². The molecular formula is C16H21N3O3S. The summed E-state index contributed by atoms with van der Waals surface area (Å²) in [6, 6.07) is 4.03. The third kappa shape index (κ3) is 4.26. The fourth-order valence-electron chi connectivity index (χ4n) is 2.74. The molecule has 0 bridgehead atoms. The van der Waals surface area contributed by atoms with Gasteiger partial charge in [-0.05, 0) is 11.4 Å². The van der Waals surface area contributed by atoms with Crippen molar-refractivity contribution in [2.45, 2.75) is 25.7 Å². The highest BCUT2D eigenvalue weighted by Crippen LogP contribution is 2.24. The van der Waals surface area contributed by atoms with Crippen LogP contribution in [-0.2, 0) is 24.3 Å². The third-order valence-corrected chi connectivity index (χ3v) is 4.69. The summed E-state index contributed by atoms with van der Waals surface area (Å²) in [6.07, 6.45) is 1.88. The first-order valence-electron chi connectivity index (χ1n) is 7.63. The molecule has 1 unspecified atom stereocenters. The lowest BCUT2D eigenvalue weighted by Crippen LogP contribution is -2.38. The molecule has 1 aliphatic heterocycles. The van der Waals surface area contributed by atoms with E-state index in [1.807, 2.05) is 17.5 Å². The van der Waals surface area contributed by atoms with Crippen LogP contribution in [0, 0.1) is 0 Å². The highest BCUT2D eigenvalue weighted by molar-refractivity contribution is 7.09. The second-order valence-corrected chi connectivity index (χ2v) is 6.57. The SMILES string of the molecule is COc1ncnc2c1CN(CC(O)COCc1cccs1)CC2. The van der Waals surface area contributed by atoms with Crippen LogP contribution in [0.2, 0.25) is 0 Å². The van der Waals surface area contributed by atoms with Gasteiger partial charge in [-0.3, -0.25) is 4.90 Å². The van der Waals surface area contributed by atoms with Crippen LogP contribution in [0.5, 0.6) is 5.88 Å². The minimum atomic E-state index is -0.507. The quantitative estimate of drug-likeness (QED) is 0.827. The van der Waals surface area contributed by atoms with Gasteiger partial charge in [0, 0.05) is 36.5 Å². The zero-order valence-corrected chi connectivity index (χ0v) is 14.0. The van der Waals surface area contributed by atoms with Gasteiger partial charge in [0.1, 0.15) is 6.33 Å². The molecule has 1 aliphatic rings. The van der Waals surface area contributed by atoms with E-state index in [-0.39, 0.29) is 0 Å². The van der Waals surface area contributed by atoms with Crippen molar-refractivity contribution in [3.63, 3.8) is 0 Å². The summed E-state index contributed by atoms with van der Waals surface area (Å²) >= 11 is 1.66. The lowest BCUT2D eigenvalue weighted by atomic mass is 10.1. The lowest BCUT2D eigenvalue weighted by Gasteiger charge is -2.30. The first-order chi connectivity index (χ1) is 11.3. The molecule has 0 aliphatic carbocycles. The van der Waals surface area contributed by atoms with Gasteiger partial charge in [0.2, 0.25) is 5.88 Å². The Kier molecular flexibility index (Phi) is 5.56. The van der Waals surface area contributed by atoms with Crippen LogP contribution in [0.4, 0.5) is 0 Å². The molecule has 0 spiro atoms. The van der Waals surface area contributed by atoms with E-state index >= 15 is 0 Å². The molecule has 0 aromatic carbocycles. The largest absolute Gasteiger partial charge is 0.481 e. The zero-order valence-electron chi connectivity index (χ0n) is 13.1. The Hall–Kier alpha value is -1.54. The van der Waals surface area contributed by atoms with Gasteiger partial charge in [0.15, 0.2) is 0 Å². The fourth-order valence-corrected chi connectivity index (χ4v) is 3.38. The summed E-state index contributed by atoms with van der Waals surface area (Å²) in [7, 11) is 1.62. The standard InChI is InChI=1S/C16H21N3O3S/c1-21-16-14-8-19(5-4-15(14)17-11-18-16)7-12(20)9-22-10-13-3-2-6-23-13/h2-3,6,11-12,20H,4-5,7-10H2,1H3. The van der Waals surface area contributed by atoms with Crippen molar-refractivity contribution in [2.75, 3.05) is 26.8 Å². The maximum atomic E-state index is 10.2. The second-order valence-electron chi connectivity index (χ2n) is 5.54. The van der Waals surface area contributed by atoms with Gasteiger partial charge >= 0.3 is 0 Å². The van der Waals surface area contributed by atoms with E-state index in [0.29, 0.717) is 32.2 Å². The van der Waals surface area contributed by atoms with Crippen molar-refractivity contribution >= 4 is 11.3 Å². The average molecular weight is 335 g/mol. The van der Waals surface area contributed by atoms with Crippen LogP contribution >= 0.6 is 11.3 Å². The molecule has 0 fully saturated rings. The van der Waals surface area contributed by atoms with Crippen molar-refractivity contribution in [3.05, 3.63) is 40.0 Å². The number of thiophene rings is 1. The molecule has 124 valence electrons. The number of nitrogens with zero attached hydrogens (tertiary/aromatic N) is 3. The van der Waals surface area contributed by atoms with Crippen LogP contribution in [0.3, 0.4) is 0 Å². The van der Waals surface area contributed by atoms with Crippen LogP contribution in [0.25, 0.3) is 0 Å². The first-order valence-corrected chi connectivity index (χ1v) is 8.51. The maximum Gasteiger partial charge on any atom is 0.220 e. The number of hydrogen-bond donors (Lipinski definition) is 1. The first kappa shape index (κ1) is 16.3. The molecule has 3 rings (SSSR count). The van der Waals surface area contributed by atoms with E-state index in [1.165, 1.54) is 4.88 Å². The van der Waals surface area contributed by atoms with Crippen molar-refractivity contribution in [1.82, 2.24) is 14.9 Å². The lowest BCUT2D eigenvalue weighted by molar-refractivity contribution is 0.00822. The molecule has 0 saturated heterocycles. The zero-order chi connectivity index (χ0) is 16.1. The summed E-state index contributed by atoms with van der Waals surface area (Å²) in [4.78, 5) is 11.8. The van der Waals surface area contributed by atoms with E-state index < -0.39 is 6.10 Å². The predicted octanol–water partition coefficient (Wildman–Crippen LogP) is 1.48.